The molecule has 0 saturated heterocycles. The van der Waals surface area contributed by atoms with Gasteiger partial charge in [-0.05, 0) is 30.3 Å². The molecule has 0 aliphatic carbocycles. The molecule has 8 heteroatoms. The van der Waals surface area contributed by atoms with Crippen LogP contribution in [0.5, 0.6) is 0 Å². The largest absolute Gasteiger partial charge is 0.438 e. The summed E-state index contributed by atoms with van der Waals surface area (Å²) in [5.74, 6) is 0.274. The molecule has 0 fully saturated rings. The topological polar surface area (TPSA) is 85.8 Å². The van der Waals surface area contributed by atoms with Crippen LogP contribution in [0.15, 0.2) is 77.6 Å². The van der Waals surface area contributed by atoms with Crippen LogP contribution in [0.25, 0.3) is 44.9 Å². The predicted octanol–water partition coefficient (Wildman–Crippen LogP) is 4.70. The quantitative estimate of drug-likeness (QED) is 0.413. The Hall–Kier alpha value is -4.33. The number of halogens is 1. The number of hydrogen-bond donors (Lipinski definition) is 1. The standard InChI is InChI=1S/C25H20FN5O2/c1-27-22(32)11-12-31-14-20(23(30-31)17-7-9-18(26)10-8-17)24-19-13-21(16-5-3-2-4-6-16)33-25(19)29-15-28-24/h2-10,13-15H,11-12H2,1H3,(H,27,32). The normalized spacial score (nSPS) is 11.1. The van der Waals surface area contributed by atoms with Crippen molar-refractivity contribution >= 4 is 17.0 Å². The third-order valence-corrected chi connectivity index (χ3v) is 5.37. The summed E-state index contributed by atoms with van der Waals surface area (Å²) in [6.07, 6.45) is 3.58. The number of rotatable bonds is 6. The minimum atomic E-state index is -0.328. The fourth-order valence-electron chi connectivity index (χ4n) is 3.69. The van der Waals surface area contributed by atoms with Crippen molar-refractivity contribution in [3.05, 3.63) is 79.0 Å². The van der Waals surface area contributed by atoms with Crippen molar-refractivity contribution in [3.8, 4) is 33.8 Å². The van der Waals surface area contributed by atoms with Crippen LogP contribution in [-0.2, 0) is 11.3 Å². The monoisotopic (exact) mass is 441 g/mol. The fourth-order valence-corrected chi connectivity index (χ4v) is 3.69. The third kappa shape index (κ3) is 4.10. The van der Waals surface area contributed by atoms with E-state index in [1.54, 1.807) is 23.9 Å². The first kappa shape index (κ1) is 20.6. The number of carbonyl (C=O) groups excluding carboxylic acids is 1. The summed E-state index contributed by atoms with van der Waals surface area (Å²) in [6.45, 7) is 0.392. The molecule has 0 radical (unpaired) electrons. The van der Waals surface area contributed by atoms with Crippen molar-refractivity contribution in [1.29, 1.82) is 0 Å². The van der Waals surface area contributed by atoms with E-state index < -0.39 is 0 Å². The Bertz CT molecular complexity index is 1420. The van der Waals surface area contributed by atoms with Crippen molar-refractivity contribution in [2.24, 2.45) is 0 Å². The second-order valence-corrected chi connectivity index (χ2v) is 7.50. The van der Waals surface area contributed by atoms with Crippen LogP contribution in [-0.4, -0.2) is 32.7 Å². The average molecular weight is 441 g/mol. The van der Waals surface area contributed by atoms with Crippen LogP contribution < -0.4 is 5.32 Å². The van der Waals surface area contributed by atoms with Gasteiger partial charge >= 0.3 is 0 Å². The SMILES string of the molecule is CNC(=O)CCn1cc(-c2ncnc3oc(-c4ccccc4)cc23)c(-c2ccc(F)cc2)n1. The number of nitrogens with one attached hydrogen (secondary N) is 1. The zero-order chi connectivity index (χ0) is 22.8. The number of furan rings is 1. The molecule has 1 amide bonds. The molecular weight excluding hydrogens is 421 g/mol. The van der Waals surface area contributed by atoms with Gasteiger partial charge in [-0.1, -0.05) is 30.3 Å². The molecule has 0 saturated carbocycles. The second kappa shape index (κ2) is 8.66. The number of aromatic nitrogens is 4. The van der Waals surface area contributed by atoms with Crippen LogP contribution in [0.4, 0.5) is 4.39 Å². The van der Waals surface area contributed by atoms with Gasteiger partial charge in [0.15, 0.2) is 0 Å². The summed E-state index contributed by atoms with van der Waals surface area (Å²) >= 11 is 0. The molecule has 0 aliphatic rings. The Morgan fingerprint density at radius 1 is 1.03 bits per heavy atom. The van der Waals surface area contributed by atoms with Gasteiger partial charge < -0.3 is 9.73 Å². The predicted molar refractivity (Wildman–Crippen MR) is 123 cm³/mol. The van der Waals surface area contributed by atoms with E-state index >= 15 is 0 Å². The van der Waals surface area contributed by atoms with Crippen molar-refractivity contribution in [3.63, 3.8) is 0 Å². The lowest BCUT2D eigenvalue weighted by Gasteiger charge is -2.03. The molecule has 33 heavy (non-hydrogen) atoms. The van der Waals surface area contributed by atoms with Gasteiger partial charge in [0.05, 0.1) is 11.1 Å². The minimum absolute atomic E-state index is 0.0813. The van der Waals surface area contributed by atoms with Gasteiger partial charge in [-0.15, -0.1) is 0 Å². The molecule has 3 aromatic heterocycles. The van der Waals surface area contributed by atoms with Gasteiger partial charge in [0, 0.05) is 42.9 Å². The maximum absolute atomic E-state index is 13.5. The number of carbonyl (C=O) groups is 1. The second-order valence-electron chi connectivity index (χ2n) is 7.50. The lowest BCUT2D eigenvalue weighted by molar-refractivity contribution is -0.120. The third-order valence-electron chi connectivity index (χ3n) is 5.37. The first-order chi connectivity index (χ1) is 16.1. The summed E-state index contributed by atoms with van der Waals surface area (Å²) in [5, 5.41) is 8.04. The summed E-state index contributed by atoms with van der Waals surface area (Å²) < 4.78 is 21.2. The Morgan fingerprint density at radius 2 is 1.82 bits per heavy atom. The molecule has 0 atom stereocenters. The Labute approximate surface area is 188 Å². The van der Waals surface area contributed by atoms with Crippen molar-refractivity contribution < 1.29 is 13.6 Å². The molecule has 0 bridgehead atoms. The van der Waals surface area contributed by atoms with E-state index in [-0.39, 0.29) is 18.1 Å². The zero-order valence-electron chi connectivity index (χ0n) is 17.8. The fraction of sp³-hybridized carbons (Fsp3) is 0.120. The molecule has 2 aromatic carbocycles. The van der Waals surface area contributed by atoms with E-state index in [9.17, 15) is 9.18 Å². The minimum Gasteiger partial charge on any atom is -0.438 e. The molecule has 5 aromatic rings. The highest BCUT2D eigenvalue weighted by Gasteiger charge is 2.20. The van der Waals surface area contributed by atoms with Gasteiger partial charge in [0.2, 0.25) is 11.6 Å². The molecular formula is C25H20FN5O2. The maximum atomic E-state index is 13.5. The highest BCUT2D eigenvalue weighted by molar-refractivity contribution is 5.95. The summed E-state index contributed by atoms with van der Waals surface area (Å²) in [5.41, 5.74) is 4.16. The highest BCUT2D eigenvalue weighted by atomic mass is 19.1. The van der Waals surface area contributed by atoms with Gasteiger partial charge in [0.25, 0.3) is 0 Å². The van der Waals surface area contributed by atoms with Crippen LogP contribution in [0.2, 0.25) is 0 Å². The smallest absolute Gasteiger partial charge is 0.230 e. The number of amides is 1. The Kier molecular flexibility index (Phi) is 5.40. The van der Waals surface area contributed by atoms with E-state index in [4.69, 9.17) is 4.42 Å². The number of benzene rings is 2. The molecule has 164 valence electrons. The van der Waals surface area contributed by atoms with Crippen molar-refractivity contribution in [2.45, 2.75) is 13.0 Å². The summed E-state index contributed by atoms with van der Waals surface area (Å²) in [6, 6.07) is 17.8. The van der Waals surface area contributed by atoms with E-state index in [1.165, 1.54) is 18.5 Å². The summed E-state index contributed by atoms with van der Waals surface area (Å²) in [7, 11) is 1.60. The molecule has 1 N–H and O–H groups in total. The van der Waals surface area contributed by atoms with E-state index in [0.29, 0.717) is 29.4 Å². The van der Waals surface area contributed by atoms with Crippen LogP contribution in [0.3, 0.4) is 0 Å². The number of fused-ring (bicyclic) bond motifs is 1. The molecule has 0 spiro atoms. The maximum Gasteiger partial charge on any atom is 0.230 e. The first-order valence-electron chi connectivity index (χ1n) is 10.5. The summed E-state index contributed by atoms with van der Waals surface area (Å²) in [4.78, 5) is 20.6. The van der Waals surface area contributed by atoms with Crippen LogP contribution >= 0.6 is 0 Å². The Morgan fingerprint density at radius 3 is 2.58 bits per heavy atom. The molecule has 3 heterocycles. The van der Waals surface area contributed by atoms with Crippen LogP contribution in [0.1, 0.15) is 6.42 Å². The van der Waals surface area contributed by atoms with Crippen molar-refractivity contribution in [2.75, 3.05) is 7.05 Å². The zero-order valence-corrected chi connectivity index (χ0v) is 17.8. The first-order valence-corrected chi connectivity index (χ1v) is 10.5. The van der Waals surface area contributed by atoms with Gasteiger partial charge in [-0.25, -0.2) is 14.4 Å². The average Bonchev–Trinajstić information content (AvgIpc) is 3.48. The molecule has 7 nitrogen and oxygen atoms in total. The van der Waals surface area contributed by atoms with Crippen LogP contribution in [0, 0.1) is 5.82 Å². The van der Waals surface area contributed by atoms with Gasteiger partial charge in [0.1, 0.15) is 23.6 Å². The Balaban J connectivity index is 1.64. The molecule has 0 aliphatic heterocycles. The highest BCUT2D eigenvalue weighted by Crippen LogP contribution is 2.36. The van der Waals surface area contributed by atoms with E-state index in [1.807, 2.05) is 42.6 Å². The lowest BCUT2D eigenvalue weighted by Crippen LogP contribution is -2.19. The lowest BCUT2D eigenvalue weighted by atomic mass is 10.0. The number of nitrogens with zero attached hydrogens (tertiary/aromatic N) is 4. The molecule has 5 rings (SSSR count). The number of aryl methyl sites for hydroxylation is 1. The molecule has 0 unspecified atom stereocenters. The number of hydrogen-bond acceptors (Lipinski definition) is 5. The van der Waals surface area contributed by atoms with Crippen molar-refractivity contribution in [1.82, 2.24) is 25.1 Å². The van der Waals surface area contributed by atoms with E-state index in [2.05, 4.69) is 20.4 Å². The van der Waals surface area contributed by atoms with E-state index in [0.717, 1.165) is 22.1 Å². The van der Waals surface area contributed by atoms with Gasteiger partial charge in [-0.2, -0.15) is 5.10 Å². The van der Waals surface area contributed by atoms with Gasteiger partial charge in [-0.3, -0.25) is 9.48 Å².